The highest BCUT2D eigenvalue weighted by Gasteiger charge is 2.49. The third-order valence-corrected chi connectivity index (χ3v) is 11.0. The third-order valence-electron chi connectivity index (χ3n) is 4.97. The highest BCUT2D eigenvalue weighted by atomic mass is 28.4. The Morgan fingerprint density at radius 1 is 0.905 bits per heavy atom. The number of hydrogen-bond donors (Lipinski definition) is 0. The van der Waals surface area contributed by atoms with Crippen LogP contribution in [-0.4, -0.2) is 14.4 Å². The molecule has 0 N–H and O–H groups in total. The smallest absolute Gasteiger partial charge is 0.200 e. The summed E-state index contributed by atoms with van der Waals surface area (Å²) in [6, 6.07) is 0. The van der Waals surface area contributed by atoms with E-state index in [2.05, 4.69) is 75.2 Å². The predicted molar refractivity (Wildman–Crippen MR) is 98.0 cm³/mol. The summed E-state index contributed by atoms with van der Waals surface area (Å²) < 4.78 is 7.04. The molecule has 21 heavy (non-hydrogen) atoms. The molecule has 0 saturated heterocycles. The normalized spacial score (nSPS) is 15.1. The summed E-state index contributed by atoms with van der Waals surface area (Å²) in [6.07, 6.45) is 6.60. The summed E-state index contributed by atoms with van der Waals surface area (Å²) in [4.78, 5) is 0. The molecule has 0 heterocycles. The van der Waals surface area contributed by atoms with Crippen LogP contribution in [0.4, 0.5) is 0 Å². The van der Waals surface area contributed by atoms with Crippen LogP contribution in [0.25, 0.3) is 0 Å². The van der Waals surface area contributed by atoms with E-state index in [-0.39, 0.29) is 11.5 Å². The Balaban J connectivity index is 5.70. The van der Waals surface area contributed by atoms with E-state index in [9.17, 15) is 0 Å². The van der Waals surface area contributed by atoms with Crippen molar-refractivity contribution in [2.45, 2.75) is 98.4 Å². The summed E-state index contributed by atoms with van der Waals surface area (Å²) in [5.74, 6) is 3.34. The minimum atomic E-state index is -1.86. The first-order chi connectivity index (χ1) is 9.43. The zero-order valence-corrected chi connectivity index (χ0v) is 17.1. The van der Waals surface area contributed by atoms with Crippen molar-refractivity contribution in [3.8, 4) is 12.3 Å². The highest BCUT2D eigenvalue weighted by Crippen LogP contribution is 2.46. The first-order valence-corrected chi connectivity index (χ1v) is 10.7. The van der Waals surface area contributed by atoms with E-state index in [1.165, 1.54) is 0 Å². The molecule has 0 saturated carbocycles. The lowest BCUT2D eigenvalue weighted by atomic mass is 9.78. The standard InChI is InChI=1S/C19H38OSi/c1-12-13-19(10,11)18(14(2)3)20-21(15(4)5,16(6)7)17(8)9/h1,14-18H,13H2,2-11H3. The van der Waals surface area contributed by atoms with Gasteiger partial charge in [0.15, 0.2) is 0 Å². The van der Waals surface area contributed by atoms with Crippen LogP contribution in [0.5, 0.6) is 0 Å². The van der Waals surface area contributed by atoms with Gasteiger partial charge in [-0.25, -0.2) is 0 Å². The van der Waals surface area contributed by atoms with E-state index in [0.29, 0.717) is 22.5 Å². The Morgan fingerprint density at radius 2 is 1.29 bits per heavy atom. The second-order valence-electron chi connectivity index (χ2n) is 8.47. The Hall–Kier alpha value is -0.263. The van der Waals surface area contributed by atoms with Crippen LogP contribution >= 0.6 is 0 Å². The molecule has 2 heteroatoms. The molecule has 0 fully saturated rings. The molecule has 0 spiro atoms. The van der Waals surface area contributed by atoms with Crippen LogP contribution in [0, 0.1) is 23.7 Å². The molecule has 0 amide bonds. The van der Waals surface area contributed by atoms with Gasteiger partial charge in [0.2, 0.25) is 8.32 Å². The molecule has 1 nitrogen and oxygen atoms in total. The van der Waals surface area contributed by atoms with E-state index >= 15 is 0 Å². The molecule has 0 aromatic rings. The minimum Gasteiger partial charge on any atom is -0.412 e. The monoisotopic (exact) mass is 310 g/mol. The summed E-state index contributed by atoms with van der Waals surface area (Å²) in [6.45, 7) is 23.1. The first-order valence-electron chi connectivity index (χ1n) is 8.54. The van der Waals surface area contributed by atoms with Crippen LogP contribution in [0.15, 0.2) is 0 Å². The Labute approximate surface area is 135 Å². The topological polar surface area (TPSA) is 9.23 Å². The van der Waals surface area contributed by atoms with Gasteiger partial charge < -0.3 is 4.43 Å². The maximum Gasteiger partial charge on any atom is 0.200 e. The maximum atomic E-state index is 7.04. The van der Waals surface area contributed by atoms with Crippen molar-refractivity contribution in [1.29, 1.82) is 0 Å². The van der Waals surface area contributed by atoms with Gasteiger partial charge in [-0.2, -0.15) is 0 Å². The highest BCUT2D eigenvalue weighted by molar-refractivity contribution is 6.77. The van der Waals surface area contributed by atoms with Crippen LogP contribution in [0.2, 0.25) is 16.6 Å². The maximum absolute atomic E-state index is 7.04. The fourth-order valence-electron chi connectivity index (χ4n) is 4.19. The van der Waals surface area contributed by atoms with Gasteiger partial charge in [0.05, 0.1) is 6.10 Å². The number of terminal acetylenes is 1. The zero-order chi connectivity index (χ0) is 17.0. The Bertz CT molecular complexity index is 325. The quantitative estimate of drug-likeness (QED) is 0.380. The predicted octanol–water partition coefficient (Wildman–Crippen LogP) is 6.25. The lowest BCUT2D eigenvalue weighted by Gasteiger charge is -2.49. The summed E-state index contributed by atoms with van der Waals surface area (Å²) >= 11 is 0. The van der Waals surface area contributed by atoms with Gasteiger partial charge in [-0.1, -0.05) is 69.2 Å². The molecule has 0 aliphatic heterocycles. The van der Waals surface area contributed by atoms with E-state index in [1.807, 2.05) is 0 Å². The van der Waals surface area contributed by atoms with Gasteiger partial charge in [0.25, 0.3) is 0 Å². The van der Waals surface area contributed by atoms with Crippen LogP contribution in [0.1, 0.15) is 75.7 Å². The molecule has 0 aromatic heterocycles. The van der Waals surface area contributed by atoms with Crippen molar-refractivity contribution in [3.05, 3.63) is 0 Å². The largest absolute Gasteiger partial charge is 0.412 e. The second-order valence-corrected chi connectivity index (χ2v) is 13.9. The molecular weight excluding hydrogens is 272 g/mol. The van der Waals surface area contributed by atoms with Crippen molar-refractivity contribution in [2.75, 3.05) is 0 Å². The molecule has 0 radical (unpaired) electrons. The first kappa shape index (κ1) is 20.7. The van der Waals surface area contributed by atoms with E-state index in [4.69, 9.17) is 10.8 Å². The molecule has 0 rings (SSSR count). The van der Waals surface area contributed by atoms with Gasteiger partial charge in [0.1, 0.15) is 0 Å². The molecule has 1 unspecified atom stereocenters. The van der Waals surface area contributed by atoms with Crippen molar-refractivity contribution in [1.82, 2.24) is 0 Å². The van der Waals surface area contributed by atoms with Crippen molar-refractivity contribution < 1.29 is 4.43 Å². The summed E-state index contributed by atoms with van der Waals surface area (Å²) in [5, 5.41) is 0. The molecule has 0 aliphatic carbocycles. The van der Waals surface area contributed by atoms with Crippen molar-refractivity contribution in [2.24, 2.45) is 11.3 Å². The number of hydrogen-bond acceptors (Lipinski definition) is 1. The van der Waals surface area contributed by atoms with Crippen molar-refractivity contribution in [3.63, 3.8) is 0 Å². The fraction of sp³-hybridized carbons (Fsp3) is 0.895. The zero-order valence-electron chi connectivity index (χ0n) is 16.1. The second kappa shape index (κ2) is 7.84. The summed E-state index contributed by atoms with van der Waals surface area (Å²) in [5.41, 5.74) is 1.86. The molecule has 124 valence electrons. The van der Waals surface area contributed by atoms with Gasteiger partial charge in [-0.05, 0) is 22.5 Å². The summed E-state index contributed by atoms with van der Waals surface area (Å²) in [7, 11) is -1.86. The lowest BCUT2D eigenvalue weighted by Crippen LogP contribution is -2.54. The lowest BCUT2D eigenvalue weighted by molar-refractivity contribution is 0.0232. The van der Waals surface area contributed by atoms with Crippen LogP contribution in [0.3, 0.4) is 0 Å². The molecule has 1 atom stereocenters. The molecule has 0 bridgehead atoms. The van der Waals surface area contributed by atoms with Crippen molar-refractivity contribution >= 4 is 8.32 Å². The molecule has 0 aromatic carbocycles. The average molecular weight is 311 g/mol. The number of rotatable bonds is 8. The average Bonchev–Trinajstić information content (AvgIpc) is 2.26. The van der Waals surface area contributed by atoms with Gasteiger partial charge in [-0.3, -0.25) is 0 Å². The molecule has 0 aliphatic rings. The van der Waals surface area contributed by atoms with Gasteiger partial charge in [-0.15, -0.1) is 12.3 Å². The minimum absolute atomic E-state index is 0.0276. The van der Waals surface area contributed by atoms with E-state index in [1.54, 1.807) is 0 Å². The third kappa shape index (κ3) is 4.60. The Kier molecular flexibility index (Phi) is 7.74. The van der Waals surface area contributed by atoms with E-state index in [0.717, 1.165) is 6.42 Å². The fourth-order valence-corrected chi connectivity index (χ4v) is 10.0. The van der Waals surface area contributed by atoms with Crippen LogP contribution in [-0.2, 0) is 4.43 Å². The Morgan fingerprint density at radius 3 is 1.52 bits per heavy atom. The van der Waals surface area contributed by atoms with Gasteiger partial charge >= 0.3 is 0 Å². The van der Waals surface area contributed by atoms with Gasteiger partial charge in [0, 0.05) is 11.8 Å². The van der Waals surface area contributed by atoms with E-state index < -0.39 is 8.32 Å². The van der Waals surface area contributed by atoms with Crippen LogP contribution < -0.4 is 0 Å². The SMILES string of the molecule is C#CCC(C)(C)C(O[Si](C(C)C)(C(C)C)C(C)C)C(C)C. The molecular formula is C19H38OSi.